The third-order valence-electron chi connectivity index (χ3n) is 7.80. The van der Waals surface area contributed by atoms with E-state index in [1.807, 2.05) is 24.3 Å². The highest BCUT2D eigenvalue weighted by atomic mass is 35.5. The van der Waals surface area contributed by atoms with E-state index in [-0.39, 0.29) is 40.0 Å². The number of halogens is 2. The summed E-state index contributed by atoms with van der Waals surface area (Å²) in [6.45, 7) is 4.31. The number of carboxylic acid groups (broad SMARTS) is 1. The van der Waals surface area contributed by atoms with Crippen molar-refractivity contribution >= 4 is 39.2 Å². The molecule has 0 aliphatic heterocycles. The Balaban J connectivity index is 1.36. The lowest BCUT2D eigenvalue weighted by atomic mass is 9.88. The summed E-state index contributed by atoms with van der Waals surface area (Å²) in [7, 11) is -2.69. The van der Waals surface area contributed by atoms with Gasteiger partial charge >= 0.3 is 5.97 Å². The highest BCUT2D eigenvalue weighted by Crippen LogP contribution is 2.36. The van der Waals surface area contributed by atoms with Crippen LogP contribution >= 0.6 is 23.2 Å². The lowest BCUT2D eigenvalue weighted by molar-refractivity contribution is -0.136. The Morgan fingerprint density at radius 2 is 1.60 bits per heavy atom. The first kappa shape index (κ1) is 32.5. The van der Waals surface area contributed by atoms with Crippen molar-refractivity contribution in [2.24, 2.45) is 5.92 Å². The summed E-state index contributed by atoms with van der Waals surface area (Å²) >= 11 is 12.9. The van der Waals surface area contributed by atoms with Crippen molar-refractivity contribution in [2.75, 3.05) is 20.1 Å². The van der Waals surface area contributed by atoms with E-state index >= 15 is 0 Å². The highest BCUT2D eigenvalue weighted by Gasteiger charge is 2.31. The summed E-state index contributed by atoms with van der Waals surface area (Å²) in [4.78, 5) is 10.6. The Labute approximate surface area is 258 Å². The molecule has 0 fully saturated rings. The van der Waals surface area contributed by atoms with E-state index in [0.717, 1.165) is 34.7 Å². The second-order valence-corrected chi connectivity index (χ2v) is 14.6. The molecule has 0 aromatic heterocycles. The molecule has 1 aliphatic rings. The number of carboxylic acids is 1. The average molecular weight is 634 g/mol. The van der Waals surface area contributed by atoms with Crippen molar-refractivity contribution in [3.63, 3.8) is 0 Å². The van der Waals surface area contributed by atoms with Crippen LogP contribution in [0.3, 0.4) is 0 Å². The molecule has 3 aromatic carbocycles. The summed E-state index contributed by atoms with van der Waals surface area (Å²) in [5.74, 6) is -0.342. The summed E-state index contributed by atoms with van der Waals surface area (Å²) in [5.41, 5.74) is 4.85. The number of likely N-dealkylation sites (N-methyl/N-ethyl adjacent to an activating group) is 1. The average Bonchev–Trinajstić information content (AvgIpc) is 3.32. The Bertz CT molecular complexity index is 1480. The minimum absolute atomic E-state index is 0.0226. The number of aryl methyl sites for hydroxylation is 1. The Kier molecular flexibility index (Phi) is 10.4. The van der Waals surface area contributed by atoms with Crippen LogP contribution in [-0.2, 0) is 34.1 Å². The highest BCUT2D eigenvalue weighted by molar-refractivity contribution is 7.89. The lowest BCUT2D eigenvalue weighted by Crippen LogP contribution is -2.47. The number of β-amino-alcohol motifs (C(OH)–C–C–N with tert-alkyl or cyclic N) is 1. The predicted octanol–water partition coefficient (Wildman–Crippen LogP) is 5.83. The van der Waals surface area contributed by atoms with E-state index in [1.54, 1.807) is 12.1 Å². The molecule has 0 radical (unpaired) electrons. The van der Waals surface area contributed by atoms with Gasteiger partial charge in [0.2, 0.25) is 10.0 Å². The lowest BCUT2D eigenvalue weighted by Gasteiger charge is -2.31. The fourth-order valence-electron chi connectivity index (χ4n) is 5.69. The molecule has 0 spiro atoms. The number of rotatable bonds is 13. The van der Waals surface area contributed by atoms with E-state index in [2.05, 4.69) is 43.4 Å². The van der Waals surface area contributed by atoms with Crippen molar-refractivity contribution in [1.82, 2.24) is 9.62 Å². The number of aliphatic carboxylic acids is 1. The number of fused-ring (bicyclic) bond motifs is 1. The number of aliphatic hydroxyl groups is 1. The molecule has 1 atom stereocenters. The number of sulfonamides is 1. The van der Waals surface area contributed by atoms with Crippen LogP contribution in [0.5, 0.6) is 0 Å². The number of carbonyl (C=O) groups is 1. The number of aliphatic hydroxyl groups excluding tert-OH is 1. The molecule has 0 saturated heterocycles. The van der Waals surface area contributed by atoms with Crippen LogP contribution in [0.1, 0.15) is 43.4 Å². The summed E-state index contributed by atoms with van der Waals surface area (Å²) in [5, 5.41) is 23.0. The largest absolute Gasteiger partial charge is 0.481 e. The molecule has 10 heteroatoms. The van der Waals surface area contributed by atoms with Crippen molar-refractivity contribution in [3.05, 3.63) is 87.4 Å². The topological polar surface area (TPSA) is 107 Å². The molecule has 0 saturated carbocycles. The fourth-order valence-corrected chi connectivity index (χ4v) is 8.05. The maximum absolute atomic E-state index is 13.4. The van der Waals surface area contributed by atoms with Gasteiger partial charge in [0.25, 0.3) is 0 Å². The van der Waals surface area contributed by atoms with E-state index in [1.165, 1.54) is 18.2 Å². The Hall–Kier alpha value is -2.46. The number of hydrogen-bond donors (Lipinski definition) is 3. The fraction of sp³-hybridized carbons (Fsp3) is 0.406. The van der Waals surface area contributed by atoms with Gasteiger partial charge in [0.15, 0.2) is 0 Å². The quantitative estimate of drug-likeness (QED) is 0.219. The summed E-state index contributed by atoms with van der Waals surface area (Å²) in [6.07, 6.45) is 2.53. The van der Waals surface area contributed by atoms with Crippen LogP contribution in [0.4, 0.5) is 0 Å². The maximum atomic E-state index is 13.4. The van der Waals surface area contributed by atoms with Gasteiger partial charge in [-0.2, -0.15) is 4.31 Å². The maximum Gasteiger partial charge on any atom is 0.303 e. The van der Waals surface area contributed by atoms with Crippen molar-refractivity contribution in [3.8, 4) is 11.1 Å². The molecule has 226 valence electrons. The summed E-state index contributed by atoms with van der Waals surface area (Å²) in [6, 6.07) is 18.9. The molecule has 0 heterocycles. The van der Waals surface area contributed by atoms with Gasteiger partial charge in [-0.25, -0.2) is 8.42 Å². The molecular weight excluding hydrogens is 595 g/mol. The molecule has 1 aliphatic carbocycles. The number of hydrogen-bond acceptors (Lipinski definition) is 5. The second kappa shape index (κ2) is 13.5. The standard InChI is InChI=1S/C32H38Cl2N2O5S/c1-32(2,18-22-14-24-6-4-5-7-25(24)15-22)35-19-27(37)20-36(3)42(40,41)31-28(33)16-26(17-29(31)34)23-11-8-21(9-12-23)10-13-30(38)39/h4-9,11-12,16-17,22,27,35,37H,10,13-15,18-20H2,1-3H3,(H,38,39)/t27-/m1/s1. The van der Waals surface area contributed by atoms with Crippen LogP contribution in [0.25, 0.3) is 11.1 Å². The van der Waals surface area contributed by atoms with Gasteiger partial charge in [-0.1, -0.05) is 71.7 Å². The van der Waals surface area contributed by atoms with Gasteiger partial charge in [0, 0.05) is 32.1 Å². The van der Waals surface area contributed by atoms with E-state index in [0.29, 0.717) is 17.9 Å². The van der Waals surface area contributed by atoms with Crippen LogP contribution in [-0.4, -0.2) is 60.7 Å². The normalized spacial score (nSPS) is 14.7. The van der Waals surface area contributed by atoms with Gasteiger partial charge < -0.3 is 15.5 Å². The molecule has 0 bridgehead atoms. The SMILES string of the molecule is CN(C[C@H](O)CNC(C)(C)CC1Cc2ccccc2C1)S(=O)(=O)c1c(Cl)cc(-c2ccc(CCC(=O)O)cc2)cc1Cl. The molecule has 0 unspecified atom stereocenters. The molecule has 4 rings (SSSR count). The minimum atomic E-state index is -4.09. The Morgan fingerprint density at radius 3 is 2.14 bits per heavy atom. The zero-order valence-corrected chi connectivity index (χ0v) is 26.4. The first-order valence-corrected chi connectivity index (χ1v) is 16.2. The minimum Gasteiger partial charge on any atom is -0.481 e. The first-order chi connectivity index (χ1) is 19.7. The second-order valence-electron chi connectivity index (χ2n) is 11.8. The van der Waals surface area contributed by atoms with Crippen molar-refractivity contribution in [2.45, 2.75) is 62.5 Å². The van der Waals surface area contributed by atoms with Gasteiger partial charge in [-0.15, -0.1) is 0 Å². The molecule has 7 nitrogen and oxygen atoms in total. The van der Waals surface area contributed by atoms with Crippen LogP contribution < -0.4 is 5.32 Å². The van der Waals surface area contributed by atoms with E-state index < -0.39 is 22.1 Å². The van der Waals surface area contributed by atoms with Crippen LogP contribution in [0.2, 0.25) is 10.0 Å². The smallest absolute Gasteiger partial charge is 0.303 e. The number of nitrogens with zero attached hydrogens (tertiary/aromatic N) is 1. The van der Waals surface area contributed by atoms with Gasteiger partial charge in [-0.3, -0.25) is 4.79 Å². The van der Waals surface area contributed by atoms with Gasteiger partial charge in [-0.05, 0) is 85.4 Å². The third kappa shape index (κ3) is 8.13. The third-order valence-corrected chi connectivity index (χ3v) is 10.5. The molecular formula is C32H38Cl2N2O5S. The summed E-state index contributed by atoms with van der Waals surface area (Å²) < 4.78 is 28.0. The molecule has 3 N–H and O–H groups in total. The zero-order chi connectivity index (χ0) is 30.7. The Morgan fingerprint density at radius 1 is 1.02 bits per heavy atom. The van der Waals surface area contributed by atoms with Crippen LogP contribution in [0, 0.1) is 5.92 Å². The molecule has 42 heavy (non-hydrogen) atoms. The number of nitrogens with one attached hydrogen (secondary N) is 1. The van der Waals surface area contributed by atoms with Gasteiger partial charge in [0.1, 0.15) is 4.90 Å². The van der Waals surface area contributed by atoms with Gasteiger partial charge in [0.05, 0.1) is 16.1 Å². The van der Waals surface area contributed by atoms with Crippen molar-refractivity contribution < 1.29 is 23.4 Å². The molecule has 3 aromatic rings. The number of benzene rings is 3. The van der Waals surface area contributed by atoms with E-state index in [9.17, 15) is 18.3 Å². The van der Waals surface area contributed by atoms with Crippen LogP contribution in [0.15, 0.2) is 65.6 Å². The molecule has 0 amide bonds. The monoisotopic (exact) mass is 632 g/mol. The van der Waals surface area contributed by atoms with E-state index in [4.69, 9.17) is 28.3 Å². The van der Waals surface area contributed by atoms with Crippen molar-refractivity contribution in [1.29, 1.82) is 0 Å². The first-order valence-electron chi connectivity index (χ1n) is 14.0. The zero-order valence-electron chi connectivity index (χ0n) is 24.1. The predicted molar refractivity (Wildman–Crippen MR) is 168 cm³/mol.